The largest absolute Gasteiger partial charge is 0.394 e. The minimum atomic E-state index is -1.94. The summed E-state index contributed by atoms with van der Waals surface area (Å²) in [5.41, 5.74) is 0. The van der Waals surface area contributed by atoms with E-state index in [2.05, 4.69) is 5.32 Å². The van der Waals surface area contributed by atoms with Crippen LogP contribution < -0.4 is 5.32 Å². The fourth-order valence-electron chi connectivity index (χ4n) is 5.79. The van der Waals surface area contributed by atoms with E-state index in [9.17, 15) is 61.0 Å². The smallest absolute Gasteiger partial charge is 0.217 e. The number of rotatable bonds is 9. The summed E-state index contributed by atoms with van der Waals surface area (Å²) in [5.74, 6) is -0.694. The normalized spacial score (nSPS) is 51.9. The maximum absolute atomic E-state index is 12.0. The average Bonchev–Trinajstić information content (AvgIpc) is 3.01. The first-order valence-corrected chi connectivity index (χ1v) is 14.8. The zero-order valence-corrected chi connectivity index (χ0v) is 25.1. The highest BCUT2D eigenvalue weighted by Crippen LogP contribution is 2.35. The molecule has 268 valence electrons. The van der Waals surface area contributed by atoms with Gasteiger partial charge in [-0.25, -0.2) is 0 Å². The van der Waals surface area contributed by atoms with Crippen LogP contribution in [0.2, 0.25) is 0 Å². The Morgan fingerprint density at radius 3 is 1.67 bits per heavy atom. The van der Waals surface area contributed by atoms with Gasteiger partial charge in [0, 0.05) is 6.92 Å². The zero-order chi connectivity index (χ0) is 34.2. The van der Waals surface area contributed by atoms with E-state index < -0.39 is 142 Å². The third-order valence-electron chi connectivity index (χ3n) is 8.53. The molecule has 20 heteroatoms. The molecule has 12 unspecified atom stereocenters. The van der Waals surface area contributed by atoms with Crippen LogP contribution in [-0.2, 0) is 38.0 Å². The van der Waals surface area contributed by atoms with E-state index in [-0.39, 0.29) is 0 Å². The number of nitrogens with one attached hydrogen (secondary N) is 1. The first-order valence-electron chi connectivity index (χ1n) is 14.8. The maximum atomic E-state index is 12.0. The summed E-state index contributed by atoms with van der Waals surface area (Å²) < 4.78 is 39.8. The minimum absolute atomic E-state index is 0.694. The van der Waals surface area contributed by atoms with Crippen molar-refractivity contribution in [1.82, 2.24) is 5.32 Å². The molecule has 0 radical (unpaired) electrons. The van der Waals surface area contributed by atoms with Gasteiger partial charge in [0.15, 0.2) is 25.2 Å². The summed E-state index contributed by atoms with van der Waals surface area (Å²) in [5, 5.41) is 117. The topological polar surface area (TPSA) is 316 Å². The molecule has 4 heterocycles. The van der Waals surface area contributed by atoms with Crippen molar-refractivity contribution in [2.75, 3.05) is 13.2 Å². The van der Waals surface area contributed by atoms with E-state index in [1.807, 2.05) is 0 Å². The summed E-state index contributed by atoms with van der Waals surface area (Å²) in [6.07, 6.45) is -31.4. The zero-order valence-electron chi connectivity index (χ0n) is 25.1. The predicted molar refractivity (Wildman–Crippen MR) is 143 cm³/mol. The Kier molecular flexibility index (Phi) is 12.7. The molecule has 0 saturated carbocycles. The van der Waals surface area contributed by atoms with Gasteiger partial charge in [0.1, 0.15) is 85.4 Å². The molecule has 4 saturated heterocycles. The van der Waals surface area contributed by atoms with Crippen LogP contribution in [0.5, 0.6) is 0 Å². The molecule has 0 aromatic rings. The van der Waals surface area contributed by atoms with Gasteiger partial charge in [0.2, 0.25) is 5.91 Å². The molecule has 0 aromatic heterocycles. The standard InChI is InChI=1S/C26H45NO19/c1-6-12(31)18(37)21(23(39)40-6)45-26-22(46-24-11(27-8(3)30)16(35)14(33)9(4-28)42-24)20(13(32)7(2)41-26)44-25-19(38)17(36)15(34)10(5-29)43-25/h6-7,9-26,28-29,31-39H,4-5H2,1-3H3,(H,27,30)/t6?,7?,9?,10?,11?,12-,13-,14+,15+,16?,17?,18?,19?,20?,21?,22?,23+,24-,25+,26-/m0/s1. The highest BCUT2D eigenvalue weighted by atomic mass is 16.8. The molecule has 0 spiro atoms. The molecule has 0 bridgehead atoms. The SMILES string of the molecule is CC(=O)NC1C(O)[C@H](O)C(CO)O[C@H]1OC1C(O[C@H]2OC(CO)[C@@H](O)C(O)C2O)[C@@H](O)C(C)O[C@H]1OC1C(O)[C@@H](O)C(C)O[C@H]1O. The number of aliphatic hydroxyl groups excluding tert-OH is 11. The average molecular weight is 676 g/mol. The quantitative estimate of drug-likeness (QED) is 0.108. The number of carbonyl (C=O) groups excluding carboxylic acids is 1. The monoisotopic (exact) mass is 675 g/mol. The van der Waals surface area contributed by atoms with Crippen LogP contribution in [-0.4, -0.2) is 198 Å². The molecule has 20 nitrogen and oxygen atoms in total. The third-order valence-corrected chi connectivity index (χ3v) is 8.53. The van der Waals surface area contributed by atoms with Gasteiger partial charge in [-0.1, -0.05) is 0 Å². The highest BCUT2D eigenvalue weighted by molar-refractivity contribution is 5.73. The molecular formula is C26H45NO19. The molecule has 4 fully saturated rings. The summed E-state index contributed by atoms with van der Waals surface area (Å²) in [6, 6.07) is -1.52. The van der Waals surface area contributed by atoms with E-state index in [1.54, 1.807) is 0 Å². The predicted octanol–water partition coefficient (Wildman–Crippen LogP) is -7.55. The maximum Gasteiger partial charge on any atom is 0.217 e. The second-order valence-corrected chi connectivity index (χ2v) is 11.8. The Morgan fingerprint density at radius 1 is 0.565 bits per heavy atom. The van der Waals surface area contributed by atoms with Crippen LogP contribution >= 0.6 is 0 Å². The van der Waals surface area contributed by atoms with Gasteiger partial charge in [0.25, 0.3) is 0 Å². The fourth-order valence-corrected chi connectivity index (χ4v) is 5.79. The minimum Gasteiger partial charge on any atom is -0.394 e. The Hall–Kier alpha value is -1.25. The van der Waals surface area contributed by atoms with Gasteiger partial charge in [-0.05, 0) is 13.8 Å². The summed E-state index contributed by atoms with van der Waals surface area (Å²) in [6.45, 7) is 2.22. The van der Waals surface area contributed by atoms with Crippen LogP contribution in [0.4, 0.5) is 0 Å². The van der Waals surface area contributed by atoms with Gasteiger partial charge in [0.05, 0.1) is 25.4 Å². The van der Waals surface area contributed by atoms with Crippen LogP contribution in [0.25, 0.3) is 0 Å². The van der Waals surface area contributed by atoms with Gasteiger partial charge < -0.3 is 94.6 Å². The number of aliphatic hydroxyl groups is 11. The van der Waals surface area contributed by atoms with E-state index in [1.165, 1.54) is 13.8 Å². The van der Waals surface area contributed by atoms with Crippen molar-refractivity contribution in [3.8, 4) is 0 Å². The van der Waals surface area contributed by atoms with Crippen molar-refractivity contribution in [2.24, 2.45) is 0 Å². The van der Waals surface area contributed by atoms with E-state index >= 15 is 0 Å². The van der Waals surface area contributed by atoms with Crippen molar-refractivity contribution in [2.45, 2.75) is 144 Å². The lowest BCUT2D eigenvalue weighted by Gasteiger charge is -2.50. The Labute approximate surface area is 262 Å². The number of hydrogen-bond donors (Lipinski definition) is 12. The van der Waals surface area contributed by atoms with Crippen molar-refractivity contribution in [3.05, 3.63) is 0 Å². The number of ether oxygens (including phenoxy) is 7. The summed E-state index contributed by atoms with van der Waals surface area (Å²) >= 11 is 0. The molecule has 20 atom stereocenters. The van der Waals surface area contributed by atoms with Crippen LogP contribution in [0.3, 0.4) is 0 Å². The number of carbonyl (C=O) groups is 1. The van der Waals surface area contributed by atoms with Crippen LogP contribution in [0.1, 0.15) is 20.8 Å². The second-order valence-electron chi connectivity index (χ2n) is 11.8. The summed E-state index contributed by atoms with van der Waals surface area (Å²) in [4.78, 5) is 12.0. The number of amides is 1. The van der Waals surface area contributed by atoms with Gasteiger partial charge in [-0.3, -0.25) is 4.79 Å². The Balaban J connectivity index is 1.71. The van der Waals surface area contributed by atoms with Crippen molar-refractivity contribution < 1.29 is 94.1 Å². The lowest BCUT2D eigenvalue weighted by Crippen LogP contribution is -2.69. The van der Waals surface area contributed by atoms with Gasteiger partial charge in [-0.2, -0.15) is 0 Å². The highest BCUT2D eigenvalue weighted by Gasteiger charge is 2.56. The molecule has 4 rings (SSSR count). The second kappa shape index (κ2) is 15.5. The molecule has 46 heavy (non-hydrogen) atoms. The lowest BCUT2D eigenvalue weighted by atomic mass is 9.95. The molecule has 4 aliphatic heterocycles. The van der Waals surface area contributed by atoms with E-state index in [4.69, 9.17) is 33.2 Å². The third kappa shape index (κ3) is 7.64. The molecular weight excluding hydrogens is 630 g/mol. The van der Waals surface area contributed by atoms with E-state index in [0.717, 1.165) is 6.92 Å². The molecule has 12 N–H and O–H groups in total. The molecule has 0 aromatic carbocycles. The molecule has 1 amide bonds. The van der Waals surface area contributed by atoms with Crippen LogP contribution in [0.15, 0.2) is 0 Å². The van der Waals surface area contributed by atoms with Gasteiger partial charge in [-0.15, -0.1) is 0 Å². The van der Waals surface area contributed by atoms with Crippen LogP contribution in [0, 0.1) is 0 Å². The fraction of sp³-hybridized carbons (Fsp3) is 0.962. The Morgan fingerprint density at radius 2 is 1.09 bits per heavy atom. The summed E-state index contributed by atoms with van der Waals surface area (Å²) in [7, 11) is 0. The Bertz CT molecular complexity index is 995. The first-order chi connectivity index (χ1) is 21.6. The van der Waals surface area contributed by atoms with Crippen molar-refractivity contribution >= 4 is 5.91 Å². The van der Waals surface area contributed by atoms with Crippen molar-refractivity contribution in [3.63, 3.8) is 0 Å². The van der Waals surface area contributed by atoms with E-state index in [0.29, 0.717) is 0 Å². The molecule has 0 aliphatic carbocycles. The van der Waals surface area contributed by atoms with Crippen molar-refractivity contribution in [1.29, 1.82) is 0 Å². The number of hydrogen-bond acceptors (Lipinski definition) is 19. The molecule has 4 aliphatic rings. The first kappa shape index (κ1) is 37.6. The van der Waals surface area contributed by atoms with Gasteiger partial charge >= 0.3 is 0 Å². The lowest BCUT2D eigenvalue weighted by molar-refractivity contribution is -0.400.